The van der Waals surface area contributed by atoms with Crippen LogP contribution < -0.4 is 0 Å². The molecule has 0 atom stereocenters. The van der Waals surface area contributed by atoms with Crippen molar-refractivity contribution in [2.24, 2.45) is 0 Å². The summed E-state index contributed by atoms with van der Waals surface area (Å²) >= 11 is 0. The Balaban J connectivity index is 4.63. The van der Waals surface area contributed by atoms with Crippen LogP contribution in [0.1, 0.15) is 6.92 Å². The summed E-state index contributed by atoms with van der Waals surface area (Å²) in [6.45, 7) is 1.12. The fraction of sp³-hybridized carbons (Fsp3) is 0.667. The van der Waals surface area contributed by atoms with Crippen LogP contribution in [0, 0.1) is 0 Å². The summed E-state index contributed by atoms with van der Waals surface area (Å²) in [5.74, 6) is -8.14. The molecule has 0 aliphatic heterocycles. The zero-order valence-electron chi connectivity index (χ0n) is 6.46. The van der Waals surface area contributed by atoms with Gasteiger partial charge in [-0.3, -0.25) is 0 Å². The van der Waals surface area contributed by atoms with Crippen LogP contribution in [-0.2, 0) is 4.74 Å². The van der Waals surface area contributed by atoms with Crippen LogP contribution in [-0.4, -0.2) is 18.7 Å². The van der Waals surface area contributed by atoms with Crippen LogP contribution in [0.15, 0.2) is 12.1 Å². The lowest BCUT2D eigenvalue weighted by Gasteiger charge is -2.16. The summed E-state index contributed by atoms with van der Waals surface area (Å²) in [6, 6.07) is 0. The molecule has 78 valence electrons. The summed E-state index contributed by atoms with van der Waals surface area (Å²) in [4.78, 5) is 0. The smallest absolute Gasteiger partial charge is 0.460 e. The zero-order chi connectivity index (χ0) is 10.7. The van der Waals surface area contributed by atoms with Crippen molar-refractivity contribution in [1.29, 1.82) is 0 Å². The second-order valence-electron chi connectivity index (χ2n) is 1.99. The third-order valence-electron chi connectivity index (χ3n) is 1.01. The van der Waals surface area contributed by atoms with Crippen molar-refractivity contribution < 1.29 is 31.1 Å². The van der Waals surface area contributed by atoms with E-state index in [1.807, 2.05) is 0 Å². The van der Waals surface area contributed by atoms with Crippen LogP contribution >= 0.6 is 0 Å². The summed E-state index contributed by atoms with van der Waals surface area (Å²) < 4.78 is 74.4. The Morgan fingerprint density at radius 1 is 1.23 bits per heavy atom. The molecule has 0 heterocycles. The van der Waals surface area contributed by atoms with Gasteiger partial charge in [-0.05, 0) is 6.92 Å². The molecule has 0 N–H and O–H groups in total. The van der Waals surface area contributed by atoms with E-state index in [9.17, 15) is 26.3 Å². The first-order valence-corrected chi connectivity index (χ1v) is 3.15. The van der Waals surface area contributed by atoms with E-state index in [2.05, 4.69) is 4.74 Å². The van der Waals surface area contributed by atoms with Gasteiger partial charge >= 0.3 is 12.1 Å². The Bertz CT molecular complexity index is 194. The third-order valence-corrected chi connectivity index (χ3v) is 1.01. The second kappa shape index (κ2) is 3.89. The van der Waals surface area contributed by atoms with Gasteiger partial charge in [-0.15, -0.1) is 0 Å². The lowest BCUT2D eigenvalue weighted by Crippen LogP contribution is -2.37. The van der Waals surface area contributed by atoms with E-state index in [-0.39, 0.29) is 12.9 Å². The highest BCUT2D eigenvalue weighted by molar-refractivity contribution is 5.04. The first-order valence-electron chi connectivity index (χ1n) is 3.15. The molecule has 7 heteroatoms. The topological polar surface area (TPSA) is 9.23 Å². The fourth-order valence-corrected chi connectivity index (χ4v) is 0.366. The minimum absolute atomic E-state index is 0.193. The number of halogens is 6. The molecule has 13 heavy (non-hydrogen) atoms. The molecule has 0 spiro atoms. The van der Waals surface area contributed by atoms with Crippen molar-refractivity contribution in [2.45, 2.75) is 19.0 Å². The maximum Gasteiger partial charge on any atom is 0.460 e. The van der Waals surface area contributed by atoms with E-state index in [4.69, 9.17) is 0 Å². The number of allylic oxidation sites excluding steroid dienone is 1. The minimum Gasteiger partial charge on any atom is -0.499 e. The van der Waals surface area contributed by atoms with Gasteiger partial charge in [0.05, 0.1) is 6.61 Å². The lowest BCUT2D eigenvalue weighted by atomic mass is 10.3. The number of hydrogen-bond acceptors (Lipinski definition) is 1. The van der Waals surface area contributed by atoms with Crippen LogP contribution in [0.4, 0.5) is 26.3 Å². The van der Waals surface area contributed by atoms with Crippen molar-refractivity contribution >= 4 is 0 Å². The molecule has 0 aromatic rings. The van der Waals surface area contributed by atoms with Gasteiger partial charge in [-0.2, -0.15) is 22.0 Å². The predicted octanol–water partition coefficient (Wildman–Crippen LogP) is 3.03. The normalized spacial score (nSPS) is 14.5. The molecule has 0 rings (SSSR count). The maximum atomic E-state index is 12.1. The molecular weight excluding hydrogens is 202 g/mol. The third kappa shape index (κ3) is 2.82. The second-order valence-corrected chi connectivity index (χ2v) is 1.99. The predicted molar refractivity (Wildman–Crippen MR) is 31.8 cm³/mol. The highest BCUT2D eigenvalue weighted by Crippen LogP contribution is 2.41. The van der Waals surface area contributed by atoms with E-state index in [1.165, 1.54) is 6.92 Å². The van der Waals surface area contributed by atoms with Crippen LogP contribution in [0.3, 0.4) is 0 Å². The SMILES string of the molecule is CCOC=C(F)C(F)(F)C(F)(F)F. The molecular formula is C6H6F6O. The van der Waals surface area contributed by atoms with Gasteiger partial charge in [0.15, 0.2) is 0 Å². The van der Waals surface area contributed by atoms with Gasteiger partial charge in [-0.25, -0.2) is 4.39 Å². The van der Waals surface area contributed by atoms with E-state index < -0.39 is 17.9 Å². The number of ether oxygens (including phenoxy) is 1. The van der Waals surface area contributed by atoms with Crippen molar-refractivity contribution in [3.63, 3.8) is 0 Å². The van der Waals surface area contributed by atoms with E-state index in [0.29, 0.717) is 0 Å². The van der Waals surface area contributed by atoms with Crippen LogP contribution in [0.25, 0.3) is 0 Å². The minimum atomic E-state index is -5.94. The highest BCUT2D eigenvalue weighted by Gasteiger charge is 2.61. The van der Waals surface area contributed by atoms with E-state index in [1.54, 1.807) is 0 Å². The van der Waals surface area contributed by atoms with Gasteiger partial charge < -0.3 is 4.74 Å². The molecule has 0 aliphatic carbocycles. The molecule has 0 saturated carbocycles. The number of alkyl halides is 5. The average molecular weight is 208 g/mol. The molecule has 0 aliphatic rings. The highest BCUT2D eigenvalue weighted by atomic mass is 19.4. The summed E-state index contributed by atoms with van der Waals surface area (Å²) in [7, 11) is 0. The Hall–Kier alpha value is -0.880. The lowest BCUT2D eigenvalue weighted by molar-refractivity contribution is -0.271. The molecule has 0 bridgehead atoms. The monoisotopic (exact) mass is 208 g/mol. The standard InChI is InChI=1S/C6H6F6O/c1-2-13-3-4(7)5(8,9)6(10,11)12/h3H,2H2,1H3. The molecule has 0 aromatic carbocycles. The zero-order valence-corrected chi connectivity index (χ0v) is 6.46. The van der Waals surface area contributed by atoms with Crippen LogP contribution in [0.2, 0.25) is 0 Å². The molecule has 0 amide bonds. The number of rotatable bonds is 3. The number of hydrogen-bond donors (Lipinski definition) is 0. The van der Waals surface area contributed by atoms with Crippen LogP contribution in [0.5, 0.6) is 0 Å². The van der Waals surface area contributed by atoms with Gasteiger partial charge in [0.25, 0.3) is 0 Å². The van der Waals surface area contributed by atoms with Gasteiger partial charge in [-0.1, -0.05) is 0 Å². The maximum absolute atomic E-state index is 12.1. The summed E-state index contributed by atoms with van der Waals surface area (Å²) in [5, 5.41) is 0. The van der Waals surface area contributed by atoms with Gasteiger partial charge in [0.1, 0.15) is 6.26 Å². The summed E-state index contributed by atoms with van der Waals surface area (Å²) in [6.07, 6.45) is -6.18. The van der Waals surface area contributed by atoms with Crippen molar-refractivity contribution in [3.05, 3.63) is 12.1 Å². The largest absolute Gasteiger partial charge is 0.499 e. The molecule has 0 aromatic heterocycles. The Kier molecular flexibility index (Phi) is 3.62. The molecule has 0 radical (unpaired) electrons. The van der Waals surface area contributed by atoms with Gasteiger partial charge in [0.2, 0.25) is 5.83 Å². The molecule has 0 unspecified atom stereocenters. The Morgan fingerprint density at radius 3 is 2.00 bits per heavy atom. The van der Waals surface area contributed by atoms with Crippen molar-refractivity contribution in [2.75, 3.05) is 6.61 Å². The van der Waals surface area contributed by atoms with E-state index >= 15 is 0 Å². The quantitative estimate of drug-likeness (QED) is 0.511. The van der Waals surface area contributed by atoms with Crippen molar-refractivity contribution in [3.8, 4) is 0 Å². The Labute approximate surface area is 70.0 Å². The van der Waals surface area contributed by atoms with Crippen molar-refractivity contribution in [1.82, 2.24) is 0 Å². The first-order chi connectivity index (χ1) is 5.73. The Morgan fingerprint density at radius 2 is 1.69 bits per heavy atom. The summed E-state index contributed by atoms with van der Waals surface area (Å²) in [5.41, 5.74) is 0. The van der Waals surface area contributed by atoms with Gasteiger partial charge in [0, 0.05) is 0 Å². The molecule has 1 nitrogen and oxygen atoms in total. The first kappa shape index (κ1) is 12.1. The molecule has 0 fully saturated rings. The average Bonchev–Trinajstić information content (AvgIpc) is 1.97. The fourth-order valence-electron chi connectivity index (χ4n) is 0.366. The molecule has 0 saturated heterocycles. The van der Waals surface area contributed by atoms with E-state index in [0.717, 1.165) is 0 Å².